The Morgan fingerprint density at radius 1 is 1.38 bits per heavy atom. The third-order valence-corrected chi connectivity index (χ3v) is 3.79. The van der Waals surface area contributed by atoms with Gasteiger partial charge in [0.05, 0.1) is 0 Å². The maximum Gasteiger partial charge on any atom is 0.241 e. The Labute approximate surface area is 122 Å². The number of hydrogen-bond acceptors (Lipinski definition) is 7. The van der Waals surface area contributed by atoms with Gasteiger partial charge in [0, 0.05) is 32.7 Å². The van der Waals surface area contributed by atoms with E-state index in [1.165, 1.54) is 12.8 Å². The number of rotatable bonds is 7. The van der Waals surface area contributed by atoms with Crippen molar-refractivity contribution in [2.75, 3.05) is 31.3 Å². The van der Waals surface area contributed by atoms with E-state index < -0.39 is 0 Å². The number of nitrogens with one attached hydrogen (secondary N) is 1. The standard InChI is InChI=1S/C13H19N7O/c1-21-7-4-13(2-3-13)8-16-11-17-10(14)18-12(19-11)20-6-5-15-9-20/h5-6,9H,2-4,7-8H2,1H3,(H3,14,16,17,18,19). The zero-order chi connectivity index (χ0) is 14.7. The third-order valence-electron chi connectivity index (χ3n) is 3.79. The minimum Gasteiger partial charge on any atom is -0.385 e. The number of aromatic nitrogens is 5. The van der Waals surface area contributed by atoms with Crippen molar-refractivity contribution in [3.8, 4) is 5.95 Å². The number of imidazole rings is 1. The van der Waals surface area contributed by atoms with Gasteiger partial charge in [0.15, 0.2) is 0 Å². The molecule has 0 amide bonds. The van der Waals surface area contributed by atoms with Crippen LogP contribution < -0.4 is 11.1 Å². The molecule has 2 heterocycles. The lowest BCUT2D eigenvalue weighted by atomic mass is 10.0. The number of anilines is 2. The van der Waals surface area contributed by atoms with E-state index in [1.807, 2.05) is 0 Å². The number of methoxy groups -OCH3 is 1. The summed E-state index contributed by atoms with van der Waals surface area (Å²) < 4.78 is 6.85. The average Bonchev–Trinajstić information content (AvgIpc) is 3.03. The number of ether oxygens (including phenoxy) is 1. The zero-order valence-electron chi connectivity index (χ0n) is 12.0. The molecule has 21 heavy (non-hydrogen) atoms. The van der Waals surface area contributed by atoms with Gasteiger partial charge in [-0.1, -0.05) is 0 Å². The summed E-state index contributed by atoms with van der Waals surface area (Å²) in [5.74, 6) is 1.15. The van der Waals surface area contributed by atoms with Crippen LogP contribution in [0.25, 0.3) is 5.95 Å². The van der Waals surface area contributed by atoms with Gasteiger partial charge in [-0.2, -0.15) is 15.0 Å². The summed E-state index contributed by atoms with van der Waals surface area (Å²) in [7, 11) is 1.73. The predicted molar refractivity (Wildman–Crippen MR) is 78.0 cm³/mol. The molecule has 0 aliphatic heterocycles. The summed E-state index contributed by atoms with van der Waals surface area (Å²) in [5.41, 5.74) is 6.06. The van der Waals surface area contributed by atoms with Crippen LogP contribution in [-0.2, 0) is 4.74 Å². The molecule has 0 radical (unpaired) electrons. The fraction of sp³-hybridized carbons (Fsp3) is 0.538. The van der Waals surface area contributed by atoms with E-state index in [9.17, 15) is 0 Å². The highest BCUT2D eigenvalue weighted by Crippen LogP contribution is 2.48. The van der Waals surface area contributed by atoms with Crippen molar-refractivity contribution < 1.29 is 4.74 Å². The second-order valence-corrected chi connectivity index (χ2v) is 5.38. The summed E-state index contributed by atoms with van der Waals surface area (Å²) in [6.45, 7) is 1.60. The lowest BCUT2D eigenvalue weighted by Gasteiger charge is -2.15. The molecule has 1 saturated carbocycles. The molecule has 0 bridgehead atoms. The first kappa shape index (κ1) is 13.7. The molecule has 2 aromatic rings. The molecule has 0 aromatic carbocycles. The summed E-state index contributed by atoms with van der Waals surface area (Å²) in [6, 6.07) is 0. The van der Waals surface area contributed by atoms with Gasteiger partial charge in [0.2, 0.25) is 17.8 Å². The molecule has 0 atom stereocenters. The molecule has 2 aromatic heterocycles. The smallest absolute Gasteiger partial charge is 0.241 e. The van der Waals surface area contributed by atoms with E-state index in [1.54, 1.807) is 30.4 Å². The molecule has 1 fully saturated rings. The quantitative estimate of drug-likeness (QED) is 0.779. The molecule has 3 N–H and O–H groups in total. The van der Waals surface area contributed by atoms with E-state index in [4.69, 9.17) is 10.5 Å². The van der Waals surface area contributed by atoms with Gasteiger partial charge in [-0.3, -0.25) is 4.57 Å². The van der Waals surface area contributed by atoms with Crippen molar-refractivity contribution in [1.29, 1.82) is 0 Å². The molecule has 0 spiro atoms. The first-order chi connectivity index (χ1) is 10.2. The Kier molecular flexibility index (Phi) is 3.70. The number of nitrogen functional groups attached to an aromatic ring is 1. The van der Waals surface area contributed by atoms with Gasteiger partial charge in [-0.25, -0.2) is 4.98 Å². The number of nitrogens with zero attached hydrogens (tertiary/aromatic N) is 5. The van der Waals surface area contributed by atoms with Gasteiger partial charge in [-0.15, -0.1) is 0 Å². The maximum atomic E-state index is 5.74. The van der Waals surface area contributed by atoms with Gasteiger partial charge in [-0.05, 0) is 24.7 Å². The van der Waals surface area contributed by atoms with Gasteiger partial charge in [0.1, 0.15) is 6.33 Å². The van der Waals surface area contributed by atoms with Crippen LogP contribution in [0.1, 0.15) is 19.3 Å². The molecule has 8 nitrogen and oxygen atoms in total. The second kappa shape index (κ2) is 5.65. The molecule has 112 valence electrons. The molecule has 1 aliphatic rings. The monoisotopic (exact) mass is 289 g/mol. The molecule has 1 aliphatic carbocycles. The summed E-state index contributed by atoms with van der Waals surface area (Å²) in [4.78, 5) is 16.6. The molecule has 3 rings (SSSR count). The van der Waals surface area contributed by atoms with Gasteiger partial charge < -0.3 is 15.8 Å². The maximum absolute atomic E-state index is 5.74. The lowest BCUT2D eigenvalue weighted by Crippen LogP contribution is -2.19. The van der Waals surface area contributed by atoms with E-state index in [0.717, 1.165) is 19.6 Å². The summed E-state index contributed by atoms with van der Waals surface area (Å²) >= 11 is 0. The topological polar surface area (TPSA) is 104 Å². The van der Waals surface area contributed by atoms with Crippen molar-refractivity contribution in [1.82, 2.24) is 24.5 Å². The highest BCUT2D eigenvalue weighted by Gasteiger charge is 2.41. The van der Waals surface area contributed by atoms with Crippen molar-refractivity contribution >= 4 is 11.9 Å². The van der Waals surface area contributed by atoms with Crippen molar-refractivity contribution in [2.45, 2.75) is 19.3 Å². The summed E-state index contributed by atoms with van der Waals surface area (Å²) in [5, 5.41) is 3.27. The largest absolute Gasteiger partial charge is 0.385 e. The average molecular weight is 289 g/mol. The van der Waals surface area contributed by atoms with E-state index in [0.29, 0.717) is 17.3 Å². The molecule has 0 unspecified atom stereocenters. The zero-order valence-corrected chi connectivity index (χ0v) is 12.0. The Morgan fingerprint density at radius 3 is 2.90 bits per heavy atom. The van der Waals surface area contributed by atoms with Crippen molar-refractivity contribution in [3.05, 3.63) is 18.7 Å². The van der Waals surface area contributed by atoms with Gasteiger partial charge in [0.25, 0.3) is 0 Å². The molecular formula is C13H19N7O. The first-order valence-electron chi connectivity index (χ1n) is 6.93. The predicted octanol–water partition coefficient (Wildman–Crippen LogP) is 0.868. The van der Waals surface area contributed by atoms with E-state index in [-0.39, 0.29) is 5.95 Å². The van der Waals surface area contributed by atoms with Crippen molar-refractivity contribution in [3.63, 3.8) is 0 Å². The Morgan fingerprint density at radius 2 is 2.24 bits per heavy atom. The molecule has 0 saturated heterocycles. The second-order valence-electron chi connectivity index (χ2n) is 5.38. The molecule has 8 heteroatoms. The van der Waals surface area contributed by atoms with Crippen LogP contribution in [0.15, 0.2) is 18.7 Å². The number of hydrogen-bond donors (Lipinski definition) is 2. The fourth-order valence-electron chi connectivity index (χ4n) is 2.23. The normalized spacial score (nSPS) is 15.9. The van der Waals surface area contributed by atoms with Gasteiger partial charge >= 0.3 is 0 Å². The van der Waals surface area contributed by atoms with Crippen LogP contribution in [-0.4, -0.2) is 44.8 Å². The first-order valence-corrected chi connectivity index (χ1v) is 6.93. The third kappa shape index (κ3) is 3.27. The van der Waals surface area contributed by atoms with Crippen molar-refractivity contribution in [2.24, 2.45) is 5.41 Å². The Hall–Kier alpha value is -2.22. The highest BCUT2D eigenvalue weighted by molar-refractivity contribution is 5.35. The lowest BCUT2D eigenvalue weighted by molar-refractivity contribution is 0.174. The van der Waals surface area contributed by atoms with Crippen LogP contribution in [0, 0.1) is 5.41 Å². The SMILES string of the molecule is COCCC1(CNc2nc(N)nc(-n3ccnc3)n2)CC1. The highest BCUT2D eigenvalue weighted by atomic mass is 16.5. The van der Waals surface area contributed by atoms with E-state index in [2.05, 4.69) is 25.3 Å². The fourth-order valence-corrected chi connectivity index (χ4v) is 2.23. The minimum atomic E-state index is 0.193. The van der Waals surface area contributed by atoms with Crippen LogP contribution >= 0.6 is 0 Å². The number of nitrogens with two attached hydrogens (primary N) is 1. The Balaban J connectivity index is 1.68. The minimum absolute atomic E-state index is 0.193. The summed E-state index contributed by atoms with van der Waals surface area (Å²) in [6.07, 6.45) is 8.51. The van der Waals surface area contributed by atoms with Crippen LogP contribution in [0.3, 0.4) is 0 Å². The van der Waals surface area contributed by atoms with E-state index >= 15 is 0 Å². The van der Waals surface area contributed by atoms with Crippen LogP contribution in [0.5, 0.6) is 0 Å². The molecular weight excluding hydrogens is 270 g/mol. The van der Waals surface area contributed by atoms with Crippen LogP contribution in [0.4, 0.5) is 11.9 Å². The Bertz CT molecular complexity index is 595. The van der Waals surface area contributed by atoms with Crippen LogP contribution in [0.2, 0.25) is 0 Å².